The van der Waals surface area contributed by atoms with Gasteiger partial charge in [0.15, 0.2) is 0 Å². The number of rotatable bonds is 4. The summed E-state index contributed by atoms with van der Waals surface area (Å²) >= 11 is 0. The smallest absolute Gasteiger partial charge is 0.137 e. The molecule has 3 heterocycles. The Kier molecular flexibility index (Phi) is 5.46. The molecule has 0 radical (unpaired) electrons. The van der Waals surface area contributed by atoms with Gasteiger partial charge in [0.1, 0.15) is 11.6 Å². The van der Waals surface area contributed by atoms with Gasteiger partial charge in [-0.05, 0) is 31.9 Å². The van der Waals surface area contributed by atoms with E-state index in [9.17, 15) is 0 Å². The van der Waals surface area contributed by atoms with Gasteiger partial charge in [0, 0.05) is 45.1 Å². The van der Waals surface area contributed by atoms with Crippen molar-refractivity contribution in [3.05, 3.63) is 53.1 Å². The average Bonchev–Trinajstić information content (AvgIpc) is 2.91. The molecule has 4 rings (SSSR count). The molecule has 0 amide bonds. The van der Waals surface area contributed by atoms with Crippen LogP contribution in [0.3, 0.4) is 0 Å². The van der Waals surface area contributed by atoms with Gasteiger partial charge in [-0.1, -0.05) is 42.0 Å². The molecule has 1 atom stereocenters. The Hall–Kier alpha value is -1.98. The number of likely N-dealkylation sites (tertiary alicyclic amines) is 1. The van der Waals surface area contributed by atoms with Gasteiger partial charge in [-0.2, -0.15) is 0 Å². The molecule has 2 aliphatic rings. The second-order valence-corrected chi connectivity index (χ2v) is 7.60. The van der Waals surface area contributed by atoms with Gasteiger partial charge >= 0.3 is 0 Å². The molecule has 5 heteroatoms. The summed E-state index contributed by atoms with van der Waals surface area (Å²) in [7, 11) is 0. The molecule has 26 heavy (non-hydrogen) atoms. The largest absolute Gasteiger partial charge is 0.315 e. The van der Waals surface area contributed by atoms with Crippen LogP contribution in [0.15, 0.2) is 35.9 Å². The van der Waals surface area contributed by atoms with E-state index in [-0.39, 0.29) is 0 Å². The molecular formula is C21H29N5. The summed E-state index contributed by atoms with van der Waals surface area (Å²) in [6, 6.07) is 10.6. The predicted octanol–water partition coefficient (Wildman–Crippen LogP) is 2.71. The van der Waals surface area contributed by atoms with E-state index < -0.39 is 0 Å². The van der Waals surface area contributed by atoms with E-state index in [1.165, 1.54) is 36.3 Å². The molecule has 1 saturated heterocycles. The lowest BCUT2D eigenvalue weighted by atomic mass is 9.96. The van der Waals surface area contributed by atoms with Gasteiger partial charge in [-0.15, -0.1) is 10.2 Å². The van der Waals surface area contributed by atoms with E-state index >= 15 is 0 Å². The molecule has 1 aromatic heterocycles. The molecule has 1 N–H and O–H groups in total. The second-order valence-electron chi connectivity index (χ2n) is 7.60. The predicted molar refractivity (Wildman–Crippen MR) is 105 cm³/mol. The number of fused-ring (bicyclic) bond motifs is 1. The van der Waals surface area contributed by atoms with E-state index in [1.54, 1.807) is 0 Å². The zero-order chi connectivity index (χ0) is 17.8. The summed E-state index contributed by atoms with van der Waals surface area (Å²) in [5, 5.41) is 12.5. The number of nitrogens with one attached hydrogen (secondary N) is 1. The normalized spacial score (nSPS) is 22.0. The topological polar surface area (TPSA) is 46.0 Å². The summed E-state index contributed by atoms with van der Waals surface area (Å²) < 4.78 is 2.38. The standard InChI is InChI=1S/C21H29N5/c1-17(14-18-6-3-2-4-7-18)15-25-12-5-8-19(16-25)21-24-23-20-9-10-22-11-13-26(20)21/h2-4,6-7,14,19,22H,5,8-13,15-16H2,1H3/b17-14+. The third kappa shape index (κ3) is 4.05. The van der Waals surface area contributed by atoms with Crippen LogP contribution < -0.4 is 5.32 Å². The highest BCUT2D eigenvalue weighted by Crippen LogP contribution is 2.27. The molecule has 138 valence electrons. The van der Waals surface area contributed by atoms with E-state index in [0.29, 0.717) is 5.92 Å². The lowest BCUT2D eigenvalue weighted by Gasteiger charge is -2.32. The Bertz CT molecular complexity index is 749. The minimum Gasteiger partial charge on any atom is -0.315 e. The fraction of sp³-hybridized carbons (Fsp3) is 0.524. The Morgan fingerprint density at radius 1 is 1.19 bits per heavy atom. The van der Waals surface area contributed by atoms with Crippen molar-refractivity contribution in [2.45, 2.75) is 38.6 Å². The van der Waals surface area contributed by atoms with Crippen molar-refractivity contribution in [1.29, 1.82) is 0 Å². The Labute approximate surface area is 156 Å². The van der Waals surface area contributed by atoms with Crippen LogP contribution in [-0.4, -0.2) is 52.4 Å². The van der Waals surface area contributed by atoms with Crippen molar-refractivity contribution in [3.8, 4) is 0 Å². The van der Waals surface area contributed by atoms with Crippen molar-refractivity contribution in [2.75, 3.05) is 32.7 Å². The second kappa shape index (κ2) is 8.14. The molecule has 0 spiro atoms. The number of nitrogens with zero attached hydrogens (tertiary/aromatic N) is 4. The summed E-state index contributed by atoms with van der Waals surface area (Å²) in [5.41, 5.74) is 2.70. The van der Waals surface area contributed by atoms with Crippen molar-refractivity contribution >= 4 is 6.08 Å². The van der Waals surface area contributed by atoms with Crippen molar-refractivity contribution in [1.82, 2.24) is 25.0 Å². The molecule has 2 aromatic rings. The molecule has 5 nitrogen and oxygen atoms in total. The molecule has 0 saturated carbocycles. The fourth-order valence-corrected chi connectivity index (χ4v) is 4.24. The van der Waals surface area contributed by atoms with Gasteiger partial charge in [-0.3, -0.25) is 4.90 Å². The lowest BCUT2D eigenvalue weighted by molar-refractivity contribution is 0.217. The molecule has 0 bridgehead atoms. The summed E-state index contributed by atoms with van der Waals surface area (Å²) in [6.45, 7) is 8.58. The van der Waals surface area contributed by atoms with Crippen LogP contribution in [0.4, 0.5) is 0 Å². The van der Waals surface area contributed by atoms with Crippen molar-refractivity contribution < 1.29 is 0 Å². The molecule has 1 fully saturated rings. The van der Waals surface area contributed by atoms with Gasteiger partial charge < -0.3 is 9.88 Å². The number of aromatic nitrogens is 3. The van der Waals surface area contributed by atoms with E-state index in [0.717, 1.165) is 45.0 Å². The highest BCUT2D eigenvalue weighted by molar-refractivity contribution is 5.52. The Morgan fingerprint density at radius 3 is 2.96 bits per heavy atom. The first-order chi connectivity index (χ1) is 12.8. The van der Waals surface area contributed by atoms with Gasteiger partial charge in [0.2, 0.25) is 0 Å². The van der Waals surface area contributed by atoms with Crippen LogP contribution in [0.1, 0.15) is 42.9 Å². The highest BCUT2D eigenvalue weighted by atomic mass is 15.3. The minimum atomic E-state index is 0.507. The van der Waals surface area contributed by atoms with Crippen LogP contribution in [0.5, 0.6) is 0 Å². The molecule has 0 aliphatic carbocycles. The Morgan fingerprint density at radius 2 is 2.08 bits per heavy atom. The molecule has 1 aromatic carbocycles. The number of piperidine rings is 1. The summed E-state index contributed by atoms with van der Waals surface area (Å²) in [4.78, 5) is 2.58. The zero-order valence-electron chi connectivity index (χ0n) is 15.7. The lowest BCUT2D eigenvalue weighted by Crippen LogP contribution is -2.36. The van der Waals surface area contributed by atoms with Crippen molar-refractivity contribution in [2.24, 2.45) is 0 Å². The average molecular weight is 351 g/mol. The highest BCUT2D eigenvalue weighted by Gasteiger charge is 2.27. The maximum absolute atomic E-state index is 4.59. The van der Waals surface area contributed by atoms with Crippen LogP contribution in [0.2, 0.25) is 0 Å². The zero-order valence-corrected chi connectivity index (χ0v) is 15.7. The first kappa shape index (κ1) is 17.4. The van der Waals surface area contributed by atoms with Crippen LogP contribution >= 0.6 is 0 Å². The first-order valence-corrected chi connectivity index (χ1v) is 9.87. The molecule has 2 aliphatic heterocycles. The van der Waals surface area contributed by atoms with Gasteiger partial charge in [0.05, 0.1) is 0 Å². The van der Waals surface area contributed by atoms with Crippen LogP contribution in [-0.2, 0) is 13.0 Å². The molecular weight excluding hydrogens is 322 g/mol. The molecule has 1 unspecified atom stereocenters. The number of hydrogen-bond acceptors (Lipinski definition) is 4. The van der Waals surface area contributed by atoms with Gasteiger partial charge in [-0.25, -0.2) is 0 Å². The minimum absolute atomic E-state index is 0.507. The van der Waals surface area contributed by atoms with Crippen molar-refractivity contribution in [3.63, 3.8) is 0 Å². The monoisotopic (exact) mass is 351 g/mol. The van der Waals surface area contributed by atoms with Crippen LogP contribution in [0, 0.1) is 0 Å². The summed E-state index contributed by atoms with van der Waals surface area (Å²) in [5.74, 6) is 2.87. The fourth-order valence-electron chi connectivity index (χ4n) is 4.24. The maximum Gasteiger partial charge on any atom is 0.137 e. The van der Waals surface area contributed by atoms with E-state index in [2.05, 4.69) is 68.3 Å². The Balaban J connectivity index is 1.43. The maximum atomic E-state index is 4.59. The number of benzene rings is 1. The van der Waals surface area contributed by atoms with Crippen LogP contribution in [0.25, 0.3) is 6.08 Å². The third-order valence-corrected chi connectivity index (χ3v) is 5.45. The first-order valence-electron chi connectivity index (χ1n) is 9.87. The van der Waals surface area contributed by atoms with E-state index in [1.807, 2.05) is 0 Å². The number of hydrogen-bond donors (Lipinski definition) is 1. The SMILES string of the molecule is C/C(=C\c1ccccc1)CN1CCCC(c2nnc3n2CCNCC3)C1. The quantitative estimate of drug-likeness (QED) is 0.920. The third-order valence-electron chi connectivity index (χ3n) is 5.45. The van der Waals surface area contributed by atoms with E-state index in [4.69, 9.17) is 0 Å². The van der Waals surface area contributed by atoms with Gasteiger partial charge in [0.25, 0.3) is 0 Å². The summed E-state index contributed by atoms with van der Waals surface area (Å²) in [6.07, 6.45) is 5.76.